The van der Waals surface area contributed by atoms with E-state index in [1.165, 1.54) is 25.3 Å². The average molecular weight is 243 g/mol. The Bertz CT molecular complexity index is 229. The van der Waals surface area contributed by atoms with Crippen molar-refractivity contribution < 1.29 is 16.0 Å². The van der Waals surface area contributed by atoms with Crippen LogP contribution in [0.25, 0.3) is 0 Å². The lowest BCUT2D eigenvalue weighted by atomic mass is 10.1. The molecule has 0 aliphatic rings. The van der Waals surface area contributed by atoms with E-state index >= 15 is 0 Å². The Morgan fingerprint density at radius 3 is 2.53 bits per heavy atom. The molecule has 0 aromatic heterocycles. The van der Waals surface area contributed by atoms with Crippen molar-refractivity contribution >= 4 is 5.97 Å². The molecule has 0 bridgehead atoms. The van der Waals surface area contributed by atoms with Crippen LogP contribution >= 0.6 is 0 Å². The van der Waals surface area contributed by atoms with Gasteiger partial charge in [0.25, 0.3) is 0 Å². The Balaban J connectivity index is 0. The van der Waals surface area contributed by atoms with Crippen LogP contribution in [0, 0.1) is 0 Å². The first-order chi connectivity index (χ1) is 8.51. The van der Waals surface area contributed by atoms with E-state index in [1.807, 2.05) is 6.92 Å². The Hall–Kier alpha value is -1.09. The lowest BCUT2D eigenvalue weighted by molar-refractivity contribution is -0.136. The van der Waals surface area contributed by atoms with Gasteiger partial charge in [-0.3, -0.25) is 0 Å². The highest BCUT2D eigenvalue weighted by Crippen LogP contribution is 2.04. The Labute approximate surface area is 107 Å². The van der Waals surface area contributed by atoms with Crippen molar-refractivity contribution in [3.63, 3.8) is 0 Å². The van der Waals surface area contributed by atoms with Crippen LogP contribution in [0.5, 0.6) is 0 Å². The summed E-state index contributed by atoms with van der Waals surface area (Å²) in [5, 5.41) is 9.08. The zero-order valence-electron chi connectivity index (χ0n) is 12.0. The minimum Gasteiger partial charge on any atom is -0.458 e. The van der Waals surface area contributed by atoms with Crippen molar-refractivity contribution in [3.8, 4) is 0 Å². The molecule has 0 amide bonds. The van der Waals surface area contributed by atoms with E-state index in [-0.39, 0.29) is 6.10 Å². The SMILES string of the molecule is CCCCCC(O)CC.[2H]C(C=C)OC(=O)C=C. The second-order valence-electron chi connectivity index (χ2n) is 3.57. The van der Waals surface area contributed by atoms with Crippen LogP contribution in [0.3, 0.4) is 0 Å². The molecule has 0 radical (unpaired) electrons. The van der Waals surface area contributed by atoms with E-state index in [2.05, 4.69) is 24.8 Å². The molecule has 100 valence electrons. The lowest BCUT2D eigenvalue weighted by Gasteiger charge is -2.04. The molecule has 0 fully saturated rings. The summed E-state index contributed by atoms with van der Waals surface area (Å²) < 4.78 is 11.2. The normalized spacial score (nSPS) is 13.5. The van der Waals surface area contributed by atoms with Gasteiger partial charge in [0.05, 0.1) is 7.47 Å². The molecule has 0 heterocycles. The average Bonchev–Trinajstić information content (AvgIpc) is 2.39. The van der Waals surface area contributed by atoms with E-state index in [4.69, 9.17) is 6.48 Å². The second-order valence-corrected chi connectivity index (χ2v) is 3.57. The summed E-state index contributed by atoms with van der Waals surface area (Å²) >= 11 is 0. The first-order valence-corrected chi connectivity index (χ1v) is 6.07. The fraction of sp³-hybridized carbons (Fsp3) is 0.643. The summed E-state index contributed by atoms with van der Waals surface area (Å²) in [6.07, 6.45) is 7.76. The maximum atomic E-state index is 10.3. The first kappa shape index (κ1) is 15.9. The van der Waals surface area contributed by atoms with Crippen LogP contribution in [0.4, 0.5) is 0 Å². The maximum Gasteiger partial charge on any atom is 0.330 e. The summed E-state index contributed by atoms with van der Waals surface area (Å²) in [7, 11) is 0. The molecule has 3 nitrogen and oxygen atoms in total. The molecule has 2 unspecified atom stereocenters. The molecule has 0 aromatic carbocycles. The predicted octanol–water partition coefficient (Wildman–Crippen LogP) is 3.24. The third kappa shape index (κ3) is 17.5. The molecule has 0 aliphatic carbocycles. The highest BCUT2D eigenvalue weighted by molar-refractivity contribution is 5.81. The summed E-state index contributed by atoms with van der Waals surface area (Å²) in [5.74, 6) is -0.602. The number of rotatable bonds is 8. The van der Waals surface area contributed by atoms with Gasteiger partial charge in [-0.1, -0.05) is 52.3 Å². The van der Waals surface area contributed by atoms with Gasteiger partial charge in [0.15, 0.2) is 0 Å². The zero-order chi connectivity index (χ0) is 14.4. The van der Waals surface area contributed by atoms with Crippen LogP contribution in [-0.4, -0.2) is 23.8 Å². The summed E-state index contributed by atoms with van der Waals surface area (Å²) in [4.78, 5) is 10.3. The number of aliphatic hydroxyl groups is 1. The van der Waals surface area contributed by atoms with Gasteiger partial charge >= 0.3 is 5.97 Å². The zero-order valence-corrected chi connectivity index (χ0v) is 11.0. The van der Waals surface area contributed by atoms with Crippen molar-refractivity contribution in [3.05, 3.63) is 25.3 Å². The lowest BCUT2D eigenvalue weighted by Crippen LogP contribution is -2.02. The number of hydrogen-bond donors (Lipinski definition) is 1. The molecule has 0 aliphatic heterocycles. The van der Waals surface area contributed by atoms with E-state index < -0.39 is 12.6 Å². The second kappa shape index (κ2) is 14.9. The first-order valence-electron chi connectivity index (χ1n) is 6.65. The Morgan fingerprint density at radius 2 is 2.12 bits per heavy atom. The van der Waals surface area contributed by atoms with Crippen molar-refractivity contribution in [2.45, 2.75) is 52.1 Å². The fourth-order valence-electron chi connectivity index (χ4n) is 0.997. The minimum absolute atomic E-state index is 0.0449. The molecule has 3 heteroatoms. The maximum absolute atomic E-state index is 10.3. The van der Waals surface area contributed by atoms with Gasteiger partial charge < -0.3 is 9.84 Å². The number of carbonyl (C=O) groups excluding carboxylic acids is 1. The largest absolute Gasteiger partial charge is 0.458 e. The van der Waals surface area contributed by atoms with Crippen LogP contribution in [0.1, 0.15) is 47.3 Å². The van der Waals surface area contributed by atoms with Crippen LogP contribution in [0.15, 0.2) is 25.3 Å². The van der Waals surface area contributed by atoms with Crippen LogP contribution in [-0.2, 0) is 9.53 Å². The van der Waals surface area contributed by atoms with Gasteiger partial charge in [0.2, 0.25) is 0 Å². The molecule has 0 saturated carbocycles. The molecule has 0 spiro atoms. The number of ether oxygens (including phenoxy) is 1. The van der Waals surface area contributed by atoms with Crippen molar-refractivity contribution in [2.24, 2.45) is 0 Å². The summed E-state index contributed by atoms with van der Waals surface area (Å²) in [6.45, 7) is 9.63. The molecule has 17 heavy (non-hydrogen) atoms. The number of aliphatic hydroxyl groups excluding tert-OH is 1. The standard InChI is InChI=1S/C8H18O.C6H8O2/c1-3-5-6-7-8(9)4-2;1-3-5-8-6(7)4-2/h8-9H,3-7H2,1-2H3;3-4H,1-2,5H2/i;5D. The van der Waals surface area contributed by atoms with Crippen molar-refractivity contribution in [1.82, 2.24) is 0 Å². The molecule has 0 rings (SSSR count). The third-order valence-electron chi connectivity index (χ3n) is 2.06. The number of hydrogen-bond acceptors (Lipinski definition) is 3. The van der Waals surface area contributed by atoms with Gasteiger partial charge in [-0.2, -0.15) is 0 Å². The quantitative estimate of drug-likeness (QED) is 0.308. The Kier molecular flexibility index (Phi) is 14.0. The number of unbranched alkanes of at least 4 members (excludes halogenated alkanes) is 2. The van der Waals surface area contributed by atoms with Gasteiger partial charge in [-0.05, 0) is 12.8 Å². The minimum atomic E-state index is -0.976. The molecule has 0 aromatic rings. The molecular weight excluding hydrogens is 216 g/mol. The van der Waals surface area contributed by atoms with Crippen molar-refractivity contribution in [1.29, 1.82) is 0 Å². The molecular formula is C14H26O3. The van der Waals surface area contributed by atoms with E-state index in [1.54, 1.807) is 0 Å². The van der Waals surface area contributed by atoms with Crippen LogP contribution in [0.2, 0.25) is 0 Å². The van der Waals surface area contributed by atoms with Gasteiger partial charge in [0, 0.05) is 6.08 Å². The van der Waals surface area contributed by atoms with E-state index in [9.17, 15) is 4.79 Å². The van der Waals surface area contributed by atoms with E-state index in [0.29, 0.717) is 0 Å². The molecule has 1 N–H and O–H groups in total. The Morgan fingerprint density at radius 1 is 1.47 bits per heavy atom. The summed E-state index contributed by atoms with van der Waals surface area (Å²) in [5.41, 5.74) is 0. The number of esters is 1. The molecule has 2 atom stereocenters. The van der Waals surface area contributed by atoms with Gasteiger partial charge in [-0.15, -0.1) is 0 Å². The van der Waals surface area contributed by atoms with E-state index in [0.717, 1.165) is 18.9 Å². The third-order valence-corrected chi connectivity index (χ3v) is 2.06. The monoisotopic (exact) mass is 243 g/mol. The predicted molar refractivity (Wildman–Crippen MR) is 71.8 cm³/mol. The van der Waals surface area contributed by atoms with Gasteiger partial charge in [0.1, 0.15) is 6.58 Å². The topological polar surface area (TPSA) is 46.5 Å². The van der Waals surface area contributed by atoms with Crippen LogP contribution < -0.4 is 0 Å². The van der Waals surface area contributed by atoms with Gasteiger partial charge in [-0.25, -0.2) is 4.79 Å². The fourth-order valence-corrected chi connectivity index (χ4v) is 0.997. The van der Waals surface area contributed by atoms with Crippen molar-refractivity contribution in [2.75, 3.05) is 6.58 Å². The summed E-state index contributed by atoms with van der Waals surface area (Å²) in [6, 6.07) is 0. The highest BCUT2D eigenvalue weighted by Gasteiger charge is 1.97. The molecule has 0 saturated heterocycles. The smallest absolute Gasteiger partial charge is 0.330 e. The number of carbonyl (C=O) groups is 1. The highest BCUT2D eigenvalue weighted by atomic mass is 16.5.